The van der Waals surface area contributed by atoms with Crippen molar-refractivity contribution in [3.8, 4) is 0 Å². The summed E-state index contributed by atoms with van der Waals surface area (Å²) in [5, 5.41) is 10.2. The first-order chi connectivity index (χ1) is 15.0. The molecule has 0 fully saturated rings. The van der Waals surface area contributed by atoms with E-state index in [2.05, 4.69) is 55.4 Å². The molecule has 3 nitrogen and oxygen atoms in total. The minimum Gasteiger partial charge on any atom is -0.341 e. The van der Waals surface area contributed by atoms with Crippen LogP contribution in [0.5, 0.6) is 0 Å². The van der Waals surface area contributed by atoms with Crippen LogP contribution < -0.4 is 0 Å². The number of halogens is 1. The van der Waals surface area contributed by atoms with E-state index in [4.69, 9.17) is 0 Å². The summed E-state index contributed by atoms with van der Waals surface area (Å²) in [4.78, 5) is 9.61. The van der Waals surface area contributed by atoms with Crippen LogP contribution in [-0.2, 0) is 0 Å². The zero-order chi connectivity index (χ0) is 25.1. The van der Waals surface area contributed by atoms with Crippen LogP contribution in [0, 0.1) is 91.5 Å². The van der Waals surface area contributed by atoms with Gasteiger partial charge in [0.25, 0.3) is 5.69 Å². The molecule has 1 rings (SSSR count). The molecule has 1 aromatic rings. The number of hydrogen-bond donors (Lipinski definition) is 0. The molecule has 0 amide bonds. The van der Waals surface area contributed by atoms with Crippen molar-refractivity contribution < 1.29 is 40.4 Å². The van der Waals surface area contributed by atoms with Crippen LogP contribution in [0.3, 0.4) is 0 Å². The number of rotatable bonds is 12. The number of benzene rings is 1. The summed E-state index contributed by atoms with van der Waals surface area (Å²) in [5.41, 5.74) is -0.0949. The molecule has 0 heterocycles. The molecule has 0 bridgehead atoms. The van der Waals surface area contributed by atoms with Crippen molar-refractivity contribution in [1.82, 2.24) is 0 Å². The van der Waals surface area contributed by atoms with E-state index in [1.807, 2.05) is 0 Å². The maximum Gasteiger partial charge on any atom is 2.00 e. The second kappa shape index (κ2) is 23.3. The van der Waals surface area contributed by atoms with Crippen molar-refractivity contribution in [3.63, 3.8) is 0 Å². The first kappa shape index (κ1) is 37.2. The van der Waals surface area contributed by atoms with Crippen LogP contribution in [0.4, 0.5) is 10.1 Å². The molecule has 0 aliphatic heterocycles. The number of nitrogens with zero attached hydrogens (tertiary/aromatic N) is 1. The molecule has 190 valence electrons. The van der Waals surface area contributed by atoms with Gasteiger partial charge in [0.15, 0.2) is 0 Å². The van der Waals surface area contributed by atoms with Gasteiger partial charge in [-0.05, 0) is 24.8 Å². The van der Waals surface area contributed by atoms with Gasteiger partial charge in [0.1, 0.15) is 5.82 Å². The molecule has 5 heteroatoms. The SMILES string of the molecule is CCCC(CC)CCC(C)CC.Cc1c(F)cccc1[N+](=O)[O-].[CH2-]C(C)CC([CH2-])CCC.[U+2]. The third kappa shape index (κ3) is 20.7. The molecule has 33 heavy (non-hydrogen) atoms. The fourth-order valence-corrected chi connectivity index (χ4v) is 3.57. The zero-order valence-corrected chi connectivity index (χ0v) is 26.6. The Bertz CT molecular complexity index is 595. The predicted octanol–water partition coefficient (Wildman–Crippen LogP) is 9.78. The molecule has 0 N–H and O–H groups in total. The minimum atomic E-state index is -0.599. The van der Waals surface area contributed by atoms with Crippen molar-refractivity contribution in [2.75, 3.05) is 0 Å². The fraction of sp³-hybridized carbons (Fsp3) is 0.714. The van der Waals surface area contributed by atoms with Gasteiger partial charge < -0.3 is 13.8 Å². The quantitative estimate of drug-likeness (QED) is 0.125. The van der Waals surface area contributed by atoms with Crippen molar-refractivity contribution in [1.29, 1.82) is 0 Å². The van der Waals surface area contributed by atoms with Crippen LogP contribution in [0.15, 0.2) is 18.2 Å². The average molecular weight is 690 g/mol. The third-order valence-electron chi connectivity index (χ3n) is 5.91. The summed E-state index contributed by atoms with van der Waals surface area (Å²) < 4.78 is 12.6. The van der Waals surface area contributed by atoms with Crippen molar-refractivity contribution in [3.05, 3.63) is 53.5 Å². The first-order valence-corrected chi connectivity index (χ1v) is 12.6. The summed E-state index contributed by atoms with van der Waals surface area (Å²) in [6, 6.07) is 3.79. The Kier molecular flexibility index (Phi) is 26.3. The van der Waals surface area contributed by atoms with Crippen LogP contribution in [0.25, 0.3) is 0 Å². The van der Waals surface area contributed by atoms with Gasteiger partial charge in [-0.1, -0.05) is 99.0 Å². The van der Waals surface area contributed by atoms with E-state index >= 15 is 0 Å². The Balaban J connectivity index is -0.000000407. The van der Waals surface area contributed by atoms with E-state index in [0.717, 1.165) is 11.8 Å². The summed E-state index contributed by atoms with van der Waals surface area (Å²) >= 11 is 0. The van der Waals surface area contributed by atoms with Crippen molar-refractivity contribution in [2.45, 2.75) is 106 Å². The molecule has 0 aliphatic carbocycles. The number of nitro groups is 1. The van der Waals surface area contributed by atoms with E-state index in [1.165, 1.54) is 82.9 Å². The Morgan fingerprint density at radius 3 is 1.94 bits per heavy atom. The van der Waals surface area contributed by atoms with E-state index in [1.54, 1.807) is 0 Å². The van der Waals surface area contributed by atoms with E-state index < -0.39 is 10.7 Å². The normalized spacial score (nSPS) is 13.8. The summed E-state index contributed by atoms with van der Waals surface area (Å²) in [6.07, 6.45) is 12.1. The zero-order valence-electron chi connectivity index (χ0n) is 22.5. The molecule has 4 unspecified atom stereocenters. The van der Waals surface area contributed by atoms with Gasteiger partial charge in [-0.15, -0.1) is 6.42 Å². The minimum absolute atomic E-state index is 0. The monoisotopic (exact) mass is 689 g/mol. The molecule has 0 spiro atoms. The molecule has 1 aromatic carbocycles. The van der Waals surface area contributed by atoms with Crippen LogP contribution in [0.1, 0.15) is 105 Å². The molecular formula is C28H50FNO2U. The second-order valence-electron chi connectivity index (χ2n) is 9.29. The van der Waals surface area contributed by atoms with E-state index in [0.29, 0.717) is 11.8 Å². The largest absolute Gasteiger partial charge is 2.00 e. The molecule has 4 atom stereocenters. The van der Waals surface area contributed by atoms with Crippen molar-refractivity contribution in [2.24, 2.45) is 23.7 Å². The van der Waals surface area contributed by atoms with Gasteiger partial charge >= 0.3 is 31.1 Å². The first-order valence-electron chi connectivity index (χ1n) is 12.6. The molecule has 0 saturated heterocycles. The second-order valence-corrected chi connectivity index (χ2v) is 9.29. The molecule has 0 saturated carbocycles. The Morgan fingerprint density at radius 2 is 1.55 bits per heavy atom. The summed E-state index contributed by atoms with van der Waals surface area (Å²) in [7, 11) is 0. The topological polar surface area (TPSA) is 43.1 Å². The fourth-order valence-electron chi connectivity index (χ4n) is 3.57. The van der Waals surface area contributed by atoms with Crippen LogP contribution >= 0.6 is 0 Å². The Labute approximate surface area is 228 Å². The van der Waals surface area contributed by atoms with Crippen LogP contribution in [-0.4, -0.2) is 4.92 Å². The molecule has 0 aromatic heterocycles. The number of hydrogen-bond acceptors (Lipinski definition) is 2. The Hall–Kier alpha value is -0.398. The predicted molar refractivity (Wildman–Crippen MR) is 138 cm³/mol. The van der Waals surface area contributed by atoms with Gasteiger partial charge in [-0.3, -0.25) is 10.1 Å². The van der Waals surface area contributed by atoms with Crippen LogP contribution in [0.2, 0.25) is 0 Å². The Morgan fingerprint density at radius 1 is 0.970 bits per heavy atom. The number of nitro benzene ring substituents is 1. The van der Waals surface area contributed by atoms with Crippen molar-refractivity contribution >= 4 is 5.69 Å². The molecular weight excluding hydrogens is 639 g/mol. The average Bonchev–Trinajstić information content (AvgIpc) is 2.73. The summed E-state index contributed by atoms with van der Waals surface area (Å²) in [5.74, 6) is 2.60. The molecule has 0 aliphatic rings. The van der Waals surface area contributed by atoms with Gasteiger partial charge in [0.05, 0.1) is 10.5 Å². The van der Waals surface area contributed by atoms with Gasteiger partial charge in [0, 0.05) is 6.07 Å². The van der Waals surface area contributed by atoms with Gasteiger partial charge in [0.2, 0.25) is 0 Å². The summed E-state index contributed by atoms with van der Waals surface area (Å²) in [6.45, 7) is 23.0. The third-order valence-corrected chi connectivity index (χ3v) is 5.91. The molecule has 0 radical (unpaired) electrons. The van der Waals surface area contributed by atoms with Gasteiger partial charge in [-0.2, -0.15) is 11.8 Å². The van der Waals surface area contributed by atoms with E-state index in [-0.39, 0.29) is 42.4 Å². The maximum atomic E-state index is 12.6. The smallest absolute Gasteiger partial charge is 0.341 e. The maximum absolute atomic E-state index is 12.6. The van der Waals surface area contributed by atoms with E-state index in [9.17, 15) is 14.5 Å². The van der Waals surface area contributed by atoms with Gasteiger partial charge in [-0.25, -0.2) is 4.39 Å². The standard InChI is InChI=1S/C12H26.C9H18.C7H6FNO2.U/c1-5-8-12(7-3)10-9-11(4)6-2;1-5-6-9(4)7-8(2)3;1-5-6(8)3-2-4-7(5)9(10)11;/h11-12H,5-10H2,1-4H3;8-9H,2,4-7H2,1,3H3;2-4H,1H3;/q;-2;;+2.